The molecule has 1 saturated carbocycles. The van der Waals surface area contributed by atoms with Crippen LogP contribution >= 0.6 is 0 Å². The maximum absolute atomic E-state index is 13.2. The molecule has 172 valence electrons. The third-order valence-corrected chi connectivity index (χ3v) is 7.35. The number of benzene rings is 2. The van der Waals surface area contributed by atoms with Crippen LogP contribution in [0.15, 0.2) is 45.8 Å². The van der Waals surface area contributed by atoms with E-state index in [9.17, 15) is 13.2 Å². The van der Waals surface area contributed by atoms with Crippen molar-refractivity contribution in [2.75, 3.05) is 16.2 Å². The monoisotopic (exact) mass is 468 g/mol. The molecule has 0 atom stereocenters. The number of hydrogen-bond acceptors (Lipinski definition) is 7. The van der Waals surface area contributed by atoms with E-state index in [0.717, 1.165) is 18.4 Å². The summed E-state index contributed by atoms with van der Waals surface area (Å²) in [7, 11) is -3.87. The van der Waals surface area contributed by atoms with Crippen LogP contribution in [0.4, 0.5) is 11.4 Å². The van der Waals surface area contributed by atoms with Gasteiger partial charge in [-0.15, -0.1) is 0 Å². The number of amides is 1. The minimum Gasteiger partial charge on any atom is -0.482 e. The number of carbonyl (C=O) groups is 1. The van der Waals surface area contributed by atoms with Gasteiger partial charge in [0.15, 0.2) is 12.4 Å². The normalized spacial score (nSPS) is 15.8. The summed E-state index contributed by atoms with van der Waals surface area (Å²) in [6, 6.07) is 10.4. The first-order valence-corrected chi connectivity index (χ1v) is 12.3. The van der Waals surface area contributed by atoms with Crippen LogP contribution in [-0.2, 0) is 27.8 Å². The Labute approximate surface area is 191 Å². The Kier molecular flexibility index (Phi) is 5.32. The lowest BCUT2D eigenvalue weighted by Gasteiger charge is -2.29. The Bertz CT molecular complexity index is 1330. The van der Waals surface area contributed by atoms with Gasteiger partial charge in [-0.1, -0.05) is 30.3 Å². The van der Waals surface area contributed by atoms with Gasteiger partial charge in [0.05, 0.1) is 22.8 Å². The van der Waals surface area contributed by atoms with E-state index in [1.807, 2.05) is 19.1 Å². The second-order valence-corrected chi connectivity index (χ2v) is 9.94. The molecule has 33 heavy (non-hydrogen) atoms. The molecule has 10 heteroatoms. The molecule has 1 aliphatic heterocycles. The van der Waals surface area contributed by atoms with Crippen molar-refractivity contribution in [1.29, 1.82) is 0 Å². The minimum absolute atomic E-state index is 0.0945. The van der Waals surface area contributed by atoms with Crippen molar-refractivity contribution >= 4 is 27.3 Å². The third kappa shape index (κ3) is 4.18. The highest BCUT2D eigenvalue weighted by atomic mass is 32.2. The number of para-hydroxylation sites is 1. The molecule has 0 radical (unpaired) electrons. The van der Waals surface area contributed by atoms with Gasteiger partial charge in [0.1, 0.15) is 5.75 Å². The number of rotatable bonds is 7. The first kappa shape index (κ1) is 21.4. The first-order valence-electron chi connectivity index (χ1n) is 10.9. The predicted octanol–water partition coefficient (Wildman–Crippen LogP) is 3.54. The average Bonchev–Trinajstić information content (AvgIpc) is 3.54. The Morgan fingerprint density at radius 3 is 2.76 bits per heavy atom. The maximum atomic E-state index is 13.2. The van der Waals surface area contributed by atoms with Crippen molar-refractivity contribution in [3.63, 3.8) is 0 Å². The topological polar surface area (TPSA) is 115 Å². The average molecular weight is 469 g/mol. The Hall–Kier alpha value is -3.40. The van der Waals surface area contributed by atoms with E-state index < -0.39 is 10.0 Å². The fraction of sp³-hybridized carbons (Fsp3) is 0.348. The second-order valence-electron chi connectivity index (χ2n) is 8.29. The van der Waals surface area contributed by atoms with Crippen molar-refractivity contribution in [3.05, 3.63) is 59.2 Å². The van der Waals surface area contributed by atoms with Crippen molar-refractivity contribution in [3.8, 4) is 5.75 Å². The molecule has 1 aromatic heterocycles. The number of fused-ring (bicyclic) bond motifs is 1. The highest BCUT2D eigenvalue weighted by Gasteiger charge is 2.33. The molecule has 1 fully saturated rings. The molecular weight excluding hydrogens is 444 g/mol. The Morgan fingerprint density at radius 1 is 1.21 bits per heavy atom. The zero-order valence-corrected chi connectivity index (χ0v) is 19.2. The number of aromatic nitrogens is 2. The van der Waals surface area contributed by atoms with Crippen LogP contribution in [0.3, 0.4) is 0 Å². The van der Waals surface area contributed by atoms with Crippen LogP contribution in [0.5, 0.6) is 5.75 Å². The van der Waals surface area contributed by atoms with Crippen LogP contribution in [-0.4, -0.2) is 31.1 Å². The van der Waals surface area contributed by atoms with Gasteiger partial charge in [-0.25, -0.2) is 8.42 Å². The smallest absolute Gasteiger partial charge is 0.265 e. The number of anilines is 2. The molecule has 1 aliphatic carbocycles. The Morgan fingerprint density at radius 2 is 2.00 bits per heavy atom. The summed E-state index contributed by atoms with van der Waals surface area (Å²) in [4.78, 5) is 18.6. The number of sulfonamides is 1. The van der Waals surface area contributed by atoms with Crippen LogP contribution in [0.2, 0.25) is 0 Å². The summed E-state index contributed by atoms with van der Waals surface area (Å²) in [5.41, 5.74) is 2.41. The van der Waals surface area contributed by atoms with E-state index >= 15 is 0 Å². The highest BCUT2D eigenvalue weighted by molar-refractivity contribution is 7.92. The summed E-state index contributed by atoms with van der Waals surface area (Å²) in [5, 5.41) is 3.99. The van der Waals surface area contributed by atoms with Gasteiger partial charge in [-0.3, -0.25) is 14.4 Å². The number of carbonyl (C=O) groups excluding carboxylic acids is 1. The maximum Gasteiger partial charge on any atom is 0.265 e. The second kappa shape index (κ2) is 8.18. The lowest BCUT2D eigenvalue weighted by Crippen LogP contribution is -2.38. The van der Waals surface area contributed by atoms with E-state index in [0.29, 0.717) is 46.7 Å². The number of hydrogen-bond donors (Lipinski definition) is 1. The molecule has 0 spiro atoms. The number of nitrogens with one attached hydrogen (secondary N) is 1. The molecule has 2 heterocycles. The number of aryl methyl sites for hydroxylation is 2. The lowest BCUT2D eigenvalue weighted by atomic mass is 10.1. The van der Waals surface area contributed by atoms with Crippen LogP contribution in [0, 0.1) is 6.92 Å². The van der Waals surface area contributed by atoms with Crippen molar-refractivity contribution in [1.82, 2.24) is 10.1 Å². The first-order chi connectivity index (χ1) is 15.9. The summed E-state index contributed by atoms with van der Waals surface area (Å²) >= 11 is 0. The molecule has 3 aromatic rings. The molecule has 0 bridgehead atoms. The molecule has 9 nitrogen and oxygen atoms in total. The molecule has 1 amide bonds. The van der Waals surface area contributed by atoms with Gasteiger partial charge >= 0.3 is 0 Å². The van der Waals surface area contributed by atoms with Gasteiger partial charge in [0.2, 0.25) is 5.89 Å². The van der Waals surface area contributed by atoms with E-state index in [2.05, 4.69) is 14.9 Å². The Balaban J connectivity index is 1.45. The van der Waals surface area contributed by atoms with Gasteiger partial charge in [0, 0.05) is 12.0 Å². The summed E-state index contributed by atoms with van der Waals surface area (Å²) in [6.45, 7) is 3.58. The quantitative estimate of drug-likeness (QED) is 0.564. The van der Waals surface area contributed by atoms with Gasteiger partial charge in [-0.2, -0.15) is 4.98 Å². The molecule has 5 rings (SSSR count). The van der Waals surface area contributed by atoms with E-state index in [1.165, 1.54) is 11.0 Å². The van der Waals surface area contributed by atoms with E-state index in [4.69, 9.17) is 9.26 Å². The fourth-order valence-electron chi connectivity index (χ4n) is 3.89. The number of ether oxygens (including phenoxy) is 1. The standard InChI is InChI=1S/C23H24N4O5S/c1-3-15-6-4-5-7-17(15)26-33(29,30)20-11-19-18(10-14(20)2)27(22(28)13-31-19)12-21-24-23(32-25-21)16-8-9-16/h4-7,10-11,16,26H,3,8-9,12-13H2,1-2H3. The van der Waals surface area contributed by atoms with Crippen LogP contribution in [0.25, 0.3) is 0 Å². The van der Waals surface area contributed by atoms with Gasteiger partial charge in [0.25, 0.3) is 15.9 Å². The zero-order chi connectivity index (χ0) is 23.2. The van der Waals surface area contributed by atoms with E-state index in [-0.39, 0.29) is 24.0 Å². The molecule has 0 unspecified atom stereocenters. The zero-order valence-electron chi connectivity index (χ0n) is 18.4. The summed E-state index contributed by atoms with van der Waals surface area (Å²) in [5.74, 6) is 1.38. The van der Waals surface area contributed by atoms with E-state index in [1.54, 1.807) is 25.1 Å². The summed E-state index contributed by atoms with van der Waals surface area (Å²) < 4.78 is 40.0. The molecule has 0 saturated heterocycles. The van der Waals surface area contributed by atoms with Crippen LogP contribution < -0.4 is 14.4 Å². The van der Waals surface area contributed by atoms with Gasteiger partial charge in [-0.05, 0) is 49.4 Å². The minimum atomic E-state index is -3.87. The summed E-state index contributed by atoms with van der Waals surface area (Å²) in [6.07, 6.45) is 2.77. The largest absolute Gasteiger partial charge is 0.482 e. The van der Waals surface area contributed by atoms with Crippen LogP contribution in [0.1, 0.15) is 48.5 Å². The molecular formula is C23H24N4O5S. The lowest BCUT2D eigenvalue weighted by molar-refractivity contribution is -0.121. The SMILES string of the molecule is CCc1ccccc1NS(=O)(=O)c1cc2c(cc1C)N(Cc1noc(C3CC3)n1)C(=O)CO2. The van der Waals surface area contributed by atoms with Crippen molar-refractivity contribution in [2.24, 2.45) is 0 Å². The molecule has 2 aliphatic rings. The third-order valence-electron chi connectivity index (χ3n) is 5.84. The van der Waals surface area contributed by atoms with Crippen molar-refractivity contribution in [2.45, 2.75) is 50.5 Å². The highest BCUT2D eigenvalue weighted by Crippen LogP contribution is 2.40. The fourth-order valence-corrected chi connectivity index (χ4v) is 5.24. The predicted molar refractivity (Wildman–Crippen MR) is 121 cm³/mol. The van der Waals surface area contributed by atoms with Crippen molar-refractivity contribution < 1.29 is 22.5 Å². The van der Waals surface area contributed by atoms with Gasteiger partial charge < -0.3 is 9.26 Å². The molecule has 1 N–H and O–H groups in total. The number of nitrogens with zero attached hydrogens (tertiary/aromatic N) is 3. The molecule has 2 aromatic carbocycles.